The van der Waals surface area contributed by atoms with Crippen LogP contribution in [0.25, 0.3) is 0 Å². The Labute approximate surface area is 172 Å². The van der Waals surface area contributed by atoms with E-state index in [1.807, 2.05) is 6.92 Å². The third-order valence-corrected chi connectivity index (χ3v) is 7.58. The summed E-state index contributed by atoms with van der Waals surface area (Å²) in [5.41, 5.74) is 0.610. The minimum absolute atomic E-state index is 0.00112. The number of rotatable bonds is 6. The highest BCUT2D eigenvalue weighted by Gasteiger charge is 2.38. The second kappa shape index (κ2) is 8.81. The van der Waals surface area contributed by atoms with Gasteiger partial charge in [0.1, 0.15) is 0 Å². The summed E-state index contributed by atoms with van der Waals surface area (Å²) in [5, 5.41) is 0. The Bertz CT molecular complexity index is 851. The summed E-state index contributed by atoms with van der Waals surface area (Å²) in [5.74, 6) is -0.521. The number of sulfonamides is 1. The van der Waals surface area contributed by atoms with Gasteiger partial charge in [-0.1, -0.05) is 13.8 Å². The zero-order valence-electron chi connectivity index (χ0n) is 17.2. The van der Waals surface area contributed by atoms with Gasteiger partial charge in [0.25, 0.3) is 0 Å². The number of morpholine rings is 1. The van der Waals surface area contributed by atoms with Crippen LogP contribution in [-0.4, -0.2) is 74.9 Å². The zero-order valence-corrected chi connectivity index (χ0v) is 18.0. The Kier molecular flexibility index (Phi) is 6.60. The van der Waals surface area contributed by atoms with Gasteiger partial charge in [-0.3, -0.25) is 9.59 Å². The van der Waals surface area contributed by atoms with Crippen molar-refractivity contribution < 1.29 is 22.7 Å². The molecule has 0 unspecified atom stereocenters. The van der Waals surface area contributed by atoms with Crippen LogP contribution in [0.3, 0.4) is 0 Å². The maximum Gasteiger partial charge on any atom is 0.243 e. The largest absolute Gasteiger partial charge is 0.375 e. The number of carbonyl (C=O) groups is 2. The first-order chi connectivity index (χ1) is 13.8. The van der Waals surface area contributed by atoms with Gasteiger partial charge in [0.05, 0.1) is 23.5 Å². The molecule has 0 radical (unpaired) electrons. The number of hydrogen-bond donors (Lipinski definition) is 0. The molecule has 8 nitrogen and oxygen atoms in total. The Morgan fingerprint density at radius 2 is 1.83 bits per heavy atom. The van der Waals surface area contributed by atoms with E-state index in [2.05, 4.69) is 0 Å². The van der Waals surface area contributed by atoms with Gasteiger partial charge in [-0.15, -0.1) is 0 Å². The number of amides is 2. The van der Waals surface area contributed by atoms with Crippen LogP contribution in [0.4, 0.5) is 5.69 Å². The molecule has 1 aromatic carbocycles. The third kappa shape index (κ3) is 4.46. The van der Waals surface area contributed by atoms with E-state index >= 15 is 0 Å². The Hall–Kier alpha value is -1.97. The van der Waals surface area contributed by atoms with Crippen LogP contribution in [0.5, 0.6) is 0 Å². The van der Waals surface area contributed by atoms with E-state index in [9.17, 15) is 18.0 Å². The van der Waals surface area contributed by atoms with E-state index < -0.39 is 10.0 Å². The first kappa shape index (κ1) is 21.7. The molecule has 2 aliphatic rings. The average Bonchev–Trinajstić information content (AvgIpc) is 3.10. The minimum atomic E-state index is -3.54. The SMILES string of the molecule is CCN(CC)S(=O)(=O)c1ccc(N2C[C@H](C(=O)N3CCO[C@@H](C)C3)CC2=O)cc1. The van der Waals surface area contributed by atoms with E-state index in [1.54, 1.807) is 35.8 Å². The van der Waals surface area contributed by atoms with Crippen LogP contribution in [0.1, 0.15) is 27.2 Å². The molecule has 2 amide bonds. The summed E-state index contributed by atoms with van der Waals surface area (Å²) in [6.45, 7) is 8.23. The standard InChI is InChI=1S/C20H29N3O5S/c1-4-22(5-2)29(26,27)18-8-6-17(7-9-18)23-14-16(12-19(23)24)20(25)21-10-11-28-15(3)13-21/h6-9,15-16H,4-5,10-14H2,1-3H3/t15-,16+/m0/s1. The van der Waals surface area contributed by atoms with E-state index in [4.69, 9.17) is 4.74 Å². The van der Waals surface area contributed by atoms with Crippen LogP contribution in [0, 0.1) is 5.92 Å². The maximum atomic E-state index is 12.8. The lowest BCUT2D eigenvalue weighted by atomic mass is 10.1. The lowest BCUT2D eigenvalue weighted by molar-refractivity contribution is -0.142. The molecule has 0 aromatic heterocycles. The molecule has 2 saturated heterocycles. The molecular formula is C20H29N3O5S. The highest BCUT2D eigenvalue weighted by atomic mass is 32.2. The molecule has 160 valence electrons. The van der Waals surface area contributed by atoms with Crippen molar-refractivity contribution in [2.45, 2.75) is 38.2 Å². The van der Waals surface area contributed by atoms with Crippen LogP contribution in [-0.2, 0) is 24.3 Å². The lowest BCUT2D eigenvalue weighted by Gasteiger charge is -2.32. The summed E-state index contributed by atoms with van der Waals surface area (Å²) in [6, 6.07) is 6.32. The van der Waals surface area contributed by atoms with E-state index in [-0.39, 0.29) is 35.2 Å². The normalized spacial score (nSPS) is 23.1. The monoisotopic (exact) mass is 423 g/mol. The topological polar surface area (TPSA) is 87.2 Å². The number of nitrogens with zero attached hydrogens (tertiary/aromatic N) is 3. The molecule has 2 heterocycles. The molecule has 0 bridgehead atoms. The average molecular weight is 424 g/mol. The number of carbonyl (C=O) groups excluding carboxylic acids is 2. The first-order valence-electron chi connectivity index (χ1n) is 10.1. The highest BCUT2D eigenvalue weighted by molar-refractivity contribution is 7.89. The summed E-state index contributed by atoms with van der Waals surface area (Å²) in [4.78, 5) is 28.9. The van der Waals surface area contributed by atoms with Crippen molar-refractivity contribution in [2.24, 2.45) is 5.92 Å². The Balaban J connectivity index is 1.71. The fourth-order valence-electron chi connectivity index (χ4n) is 3.91. The summed E-state index contributed by atoms with van der Waals surface area (Å²) in [7, 11) is -3.54. The van der Waals surface area contributed by atoms with Crippen molar-refractivity contribution in [1.29, 1.82) is 0 Å². The molecule has 0 N–H and O–H groups in total. The van der Waals surface area contributed by atoms with Crippen LogP contribution in [0.2, 0.25) is 0 Å². The van der Waals surface area contributed by atoms with Crippen LogP contribution < -0.4 is 4.90 Å². The molecule has 1 aromatic rings. The molecule has 2 fully saturated rings. The molecule has 2 aliphatic heterocycles. The van der Waals surface area contributed by atoms with Gasteiger partial charge in [-0.05, 0) is 31.2 Å². The van der Waals surface area contributed by atoms with Crippen LogP contribution >= 0.6 is 0 Å². The minimum Gasteiger partial charge on any atom is -0.375 e. The van der Waals surface area contributed by atoms with Crippen LogP contribution in [0.15, 0.2) is 29.2 Å². The van der Waals surface area contributed by atoms with Gasteiger partial charge in [0.2, 0.25) is 21.8 Å². The number of benzene rings is 1. The Morgan fingerprint density at radius 3 is 2.41 bits per heavy atom. The maximum absolute atomic E-state index is 12.8. The third-order valence-electron chi connectivity index (χ3n) is 5.52. The van der Waals surface area contributed by atoms with E-state index in [0.717, 1.165) is 0 Å². The van der Waals surface area contributed by atoms with Crippen molar-refractivity contribution >= 4 is 27.5 Å². The van der Waals surface area contributed by atoms with Gasteiger partial charge in [0.15, 0.2) is 0 Å². The predicted octanol–water partition coefficient (Wildman–Crippen LogP) is 1.32. The second-order valence-electron chi connectivity index (χ2n) is 7.45. The van der Waals surface area contributed by atoms with Gasteiger partial charge in [-0.2, -0.15) is 4.31 Å². The molecule has 3 rings (SSSR count). The van der Waals surface area contributed by atoms with Crippen molar-refractivity contribution in [1.82, 2.24) is 9.21 Å². The van der Waals surface area contributed by atoms with Crippen molar-refractivity contribution in [3.63, 3.8) is 0 Å². The van der Waals surface area contributed by atoms with Gasteiger partial charge < -0.3 is 14.5 Å². The quantitative estimate of drug-likeness (QED) is 0.689. The number of hydrogen-bond acceptors (Lipinski definition) is 5. The zero-order chi connectivity index (χ0) is 21.2. The molecule has 0 spiro atoms. The molecule has 29 heavy (non-hydrogen) atoms. The van der Waals surface area contributed by atoms with Gasteiger partial charge >= 0.3 is 0 Å². The highest BCUT2D eigenvalue weighted by Crippen LogP contribution is 2.28. The first-order valence-corrected chi connectivity index (χ1v) is 11.5. The molecular weight excluding hydrogens is 394 g/mol. The lowest BCUT2D eigenvalue weighted by Crippen LogP contribution is -2.47. The second-order valence-corrected chi connectivity index (χ2v) is 9.39. The molecule has 0 aliphatic carbocycles. The summed E-state index contributed by atoms with van der Waals surface area (Å²) in [6.07, 6.45) is 0.172. The van der Waals surface area contributed by atoms with Crippen molar-refractivity contribution in [3.8, 4) is 0 Å². The van der Waals surface area contributed by atoms with E-state index in [0.29, 0.717) is 45.0 Å². The van der Waals surface area contributed by atoms with Crippen molar-refractivity contribution in [3.05, 3.63) is 24.3 Å². The number of ether oxygens (including phenoxy) is 1. The van der Waals surface area contributed by atoms with Gasteiger partial charge in [0, 0.05) is 44.8 Å². The van der Waals surface area contributed by atoms with Crippen molar-refractivity contribution in [2.75, 3.05) is 44.2 Å². The Morgan fingerprint density at radius 1 is 1.17 bits per heavy atom. The summed E-state index contributed by atoms with van der Waals surface area (Å²) >= 11 is 0. The summed E-state index contributed by atoms with van der Waals surface area (Å²) < 4.78 is 32.1. The molecule has 0 saturated carbocycles. The van der Waals surface area contributed by atoms with Gasteiger partial charge in [-0.25, -0.2) is 8.42 Å². The molecule has 9 heteroatoms. The molecule has 2 atom stereocenters. The fourth-order valence-corrected chi connectivity index (χ4v) is 5.37. The fraction of sp³-hybridized carbons (Fsp3) is 0.600. The van der Waals surface area contributed by atoms with E-state index in [1.165, 1.54) is 16.4 Å². The number of anilines is 1. The predicted molar refractivity (Wildman–Crippen MR) is 109 cm³/mol. The smallest absolute Gasteiger partial charge is 0.243 e.